The molecule has 5 nitrogen and oxygen atoms in total. The topological polar surface area (TPSA) is 73.9 Å². The van der Waals surface area contributed by atoms with Gasteiger partial charge in [-0.3, -0.25) is 4.98 Å². The molecule has 0 amide bonds. The molecule has 0 bridgehead atoms. The molecule has 2 N–H and O–H groups in total. The molecule has 0 aromatic carbocycles. The molecule has 0 spiro atoms. The highest BCUT2D eigenvalue weighted by molar-refractivity contribution is 5.54. The summed E-state index contributed by atoms with van der Waals surface area (Å²) < 4.78 is 4.97. The third-order valence-corrected chi connectivity index (χ3v) is 1.90. The van der Waals surface area contributed by atoms with Crippen LogP contribution in [0.3, 0.4) is 0 Å². The zero-order valence-electron chi connectivity index (χ0n) is 8.21. The Morgan fingerprint density at radius 3 is 2.73 bits per heavy atom. The van der Waals surface area contributed by atoms with Gasteiger partial charge in [-0.15, -0.1) is 0 Å². The van der Waals surface area contributed by atoms with Gasteiger partial charge in [-0.05, 0) is 12.1 Å². The van der Waals surface area contributed by atoms with Gasteiger partial charge in [0.15, 0.2) is 17.4 Å². The minimum absolute atomic E-state index is 0.313. The van der Waals surface area contributed by atoms with Crippen molar-refractivity contribution in [2.24, 2.45) is 0 Å². The Hall–Kier alpha value is -2.17. The molecule has 76 valence electrons. The molecule has 2 heterocycles. The van der Waals surface area contributed by atoms with E-state index in [2.05, 4.69) is 15.0 Å². The molecule has 0 unspecified atom stereocenters. The van der Waals surface area contributed by atoms with Gasteiger partial charge in [0, 0.05) is 6.20 Å². The third kappa shape index (κ3) is 1.85. The summed E-state index contributed by atoms with van der Waals surface area (Å²) in [5, 5.41) is 0. The first kappa shape index (κ1) is 9.39. The fourth-order valence-corrected chi connectivity index (χ4v) is 1.16. The molecule has 2 aromatic heterocycles. The lowest BCUT2D eigenvalue weighted by Gasteiger charge is -2.04. The Kier molecular flexibility index (Phi) is 2.45. The van der Waals surface area contributed by atoms with E-state index in [1.807, 2.05) is 18.2 Å². The summed E-state index contributed by atoms with van der Waals surface area (Å²) in [6.07, 6.45) is 3.21. The van der Waals surface area contributed by atoms with Crippen molar-refractivity contribution < 1.29 is 4.74 Å². The van der Waals surface area contributed by atoms with Crippen LogP contribution in [0, 0.1) is 0 Å². The normalized spacial score (nSPS) is 9.93. The van der Waals surface area contributed by atoms with Gasteiger partial charge in [0.2, 0.25) is 0 Å². The van der Waals surface area contributed by atoms with Gasteiger partial charge in [-0.2, -0.15) is 0 Å². The fraction of sp³-hybridized carbons (Fsp3) is 0.100. The number of methoxy groups -OCH3 is 1. The first-order chi connectivity index (χ1) is 7.31. The molecule has 0 fully saturated rings. The van der Waals surface area contributed by atoms with Crippen molar-refractivity contribution in [1.29, 1.82) is 0 Å². The Bertz CT molecular complexity index is 458. The molecule has 0 saturated heterocycles. The smallest absolute Gasteiger partial charge is 0.180 e. The van der Waals surface area contributed by atoms with Crippen molar-refractivity contribution in [3.05, 3.63) is 30.6 Å². The molecular formula is C10H10N4O. The number of rotatable bonds is 2. The molecule has 0 atom stereocenters. The van der Waals surface area contributed by atoms with Gasteiger partial charge in [-0.25, -0.2) is 9.97 Å². The zero-order chi connectivity index (χ0) is 10.7. The van der Waals surface area contributed by atoms with Gasteiger partial charge >= 0.3 is 0 Å². The number of anilines is 1. The molecule has 2 aromatic rings. The van der Waals surface area contributed by atoms with Crippen molar-refractivity contribution >= 4 is 5.82 Å². The summed E-state index contributed by atoms with van der Waals surface area (Å²) in [5.74, 6) is 1.27. The van der Waals surface area contributed by atoms with E-state index in [0.29, 0.717) is 23.1 Å². The van der Waals surface area contributed by atoms with E-state index >= 15 is 0 Å². The highest BCUT2D eigenvalue weighted by atomic mass is 16.5. The summed E-state index contributed by atoms with van der Waals surface area (Å²) in [6, 6.07) is 5.52. The second-order valence-corrected chi connectivity index (χ2v) is 2.86. The molecule has 2 rings (SSSR count). The Morgan fingerprint density at radius 1 is 1.27 bits per heavy atom. The van der Waals surface area contributed by atoms with Crippen LogP contribution in [-0.4, -0.2) is 22.1 Å². The van der Waals surface area contributed by atoms with Crippen molar-refractivity contribution in [3.63, 3.8) is 0 Å². The van der Waals surface area contributed by atoms with Crippen molar-refractivity contribution in [2.75, 3.05) is 12.8 Å². The van der Waals surface area contributed by atoms with Crippen LogP contribution in [0.2, 0.25) is 0 Å². The number of pyridine rings is 1. The fourth-order valence-electron chi connectivity index (χ4n) is 1.16. The molecule has 5 heteroatoms. The number of nitrogen functional groups attached to an aromatic ring is 1. The highest BCUT2D eigenvalue weighted by Gasteiger charge is 2.06. The summed E-state index contributed by atoms with van der Waals surface area (Å²) in [5.41, 5.74) is 6.35. The third-order valence-electron chi connectivity index (χ3n) is 1.90. The number of ether oxygens (including phenoxy) is 1. The van der Waals surface area contributed by atoms with Crippen LogP contribution in [0.15, 0.2) is 30.6 Å². The summed E-state index contributed by atoms with van der Waals surface area (Å²) in [7, 11) is 1.52. The van der Waals surface area contributed by atoms with E-state index in [4.69, 9.17) is 10.5 Å². The number of hydrogen-bond acceptors (Lipinski definition) is 5. The maximum atomic E-state index is 5.67. The first-order valence-electron chi connectivity index (χ1n) is 4.39. The van der Waals surface area contributed by atoms with Crippen LogP contribution in [0.1, 0.15) is 0 Å². The average Bonchev–Trinajstić information content (AvgIpc) is 2.30. The van der Waals surface area contributed by atoms with E-state index < -0.39 is 0 Å². The van der Waals surface area contributed by atoms with E-state index in [-0.39, 0.29) is 0 Å². The van der Waals surface area contributed by atoms with E-state index in [1.165, 1.54) is 13.3 Å². The lowest BCUT2D eigenvalue weighted by atomic mass is 10.3. The molecular weight excluding hydrogens is 192 g/mol. The molecule has 0 aliphatic heterocycles. The predicted octanol–water partition coefficient (Wildman–Crippen LogP) is 1.13. The monoisotopic (exact) mass is 202 g/mol. The van der Waals surface area contributed by atoms with Crippen LogP contribution >= 0.6 is 0 Å². The van der Waals surface area contributed by atoms with Gasteiger partial charge < -0.3 is 10.5 Å². The largest absolute Gasteiger partial charge is 0.491 e. The molecule has 15 heavy (non-hydrogen) atoms. The van der Waals surface area contributed by atoms with Crippen LogP contribution in [0.4, 0.5) is 5.82 Å². The van der Waals surface area contributed by atoms with Crippen molar-refractivity contribution in [1.82, 2.24) is 15.0 Å². The predicted molar refractivity (Wildman–Crippen MR) is 56.2 cm³/mol. The van der Waals surface area contributed by atoms with Gasteiger partial charge in [-0.1, -0.05) is 6.07 Å². The SMILES string of the molecule is COc1cnc(-c2ccccn2)nc1N. The minimum atomic E-state index is 0.313. The highest BCUT2D eigenvalue weighted by Crippen LogP contribution is 2.20. The Balaban J connectivity index is 2.43. The summed E-state index contributed by atoms with van der Waals surface area (Å²) in [6.45, 7) is 0. The van der Waals surface area contributed by atoms with Crippen LogP contribution in [-0.2, 0) is 0 Å². The van der Waals surface area contributed by atoms with Gasteiger partial charge in [0.05, 0.1) is 13.3 Å². The second-order valence-electron chi connectivity index (χ2n) is 2.86. The second kappa shape index (κ2) is 3.91. The first-order valence-corrected chi connectivity index (χ1v) is 4.39. The molecule has 0 saturated carbocycles. The van der Waals surface area contributed by atoms with Gasteiger partial charge in [0.25, 0.3) is 0 Å². The zero-order valence-corrected chi connectivity index (χ0v) is 8.21. The van der Waals surface area contributed by atoms with Crippen LogP contribution in [0.25, 0.3) is 11.5 Å². The van der Waals surface area contributed by atoms with Gasteiger partial charge in [0.1, 0.15) is 5.69 Å². The number of nitrogens with zero attached hydrogens (tertiary/aromatic N) is 3. The average molecular weight is 202 g/mol. The summed E-state index contributed by atoms with van der Waals surface area (Å²) in [4.78, 5) is 12.3. The van der Waals surface area contributed by atoms with Crippen molar-refractivity contribution in [2.45, 2.75) is 0 Å². The molecule has 0 aliphatic carbocycles. The van der Waals surface area contributed by atoms with Crippen molar-refractivity contribution in [3.8, 4) is 17.3 Å². The Labute approximate surface area is 87.0 Å². The number of aromatic nitrogens is 3. The van der Waals surface area contributed by atoms with Crippen LogP contribution in [0.5, 0.6) is 5.75 Å². The van der Waals surface area contributed by atoms with E-state index in [0.717, 1.165) is 0 Å². The van der Waals surface area contributed by atoms with E-state index in [1.54, 1.807) is 6.20 Å². The lowest BCUT2D eigenvalue weighted by molar-refractivity contribution is 0.413. The minimum Gasteiger partial charge on any atom is -0.491 e. The van der Waals surface area contributed by atoms with E-state index in [9.17, 15) is 0 Å². The Morgan fingerprint density at radius 2 is 2.13 bits per heavy atom. The molecule has 0 aliphatic rings. The number of hydrogen-bond donors (Lipinski definition) is 1. The maximum absolute atomic E-state index is 5.67. The lowest BCUT2D eigenvalue weighted by Crippen LogP contribution is -1.99. The molecule has 0 radical (unpaired) electrons. The number of nitrogens with two attached hydrogens (primary N) is 1. The quantitative estimate of drug-likeness (QED) is 0.790. The standard InChI is InChI=1S/C10H10N4O/c1-15-8-6-13-10(14-9(8)11)7-4-2-3-5-12-7/h2-6H,1H3,(H2,11,13,14). The summed E-state index contributed by atoms with van der Waals surface area (Å²) >= 11 is 0. The van der Waals surface area contributed by atoms with Crippen LogP contribution < -0.4 is 10.5 Å². The maximum Gasteiger partial charge on any atom is 0.180 e.